The molecule has 1 saturated heterocycles. The van der Waals surface area contributed by atoms with Crippen molar-refractivity contribution in [3.63, 3.8) is 0 Å². The van der Waals surface area contributed by atoms with Gasteiger partial charge in [0.2, 0.25) is 0 Å². The summed E-state index contributed by atoms with van der Waals surface area (Å²) in [7, 11) is 0. The highest BCUT2D eigenvalue weighted by atomic mass is 35.5. The van der Waals surface area contributed by atoms with Gasteiger partial charge in [-0.1, -0.05) is 60.0 Å². The fourth-order valence-electron chi connectivity index (χ4n) is 3.53. The first-order chi connectivity index (χ1) is 11.6. The Kier molecular flexibility index (Phi) is 5.22. The van der Waals surface area contributed by atoms with Crippen LogP contribution in [0, 0.1) is 6.92 Å². The van der Waals surface area contributed by atoms with Gasteiger partial charge in [0, 0.05) is 5.02 Å². The number of rotatable bonds is 4. The molecule has 0 bridgehead atoms. The summed E-state index contributed by atoms with van der Waals surface area (Å²) < 4.78 is 0. The van der Waals surface area contributed by atoms with Crippen LogP contribution in [0.25, 0.3) is 0 Å². The Morgan fingerprint density at radius 2 is 1.92 bits per heavy atom. The molecule has 0 spiro atoms. The number of nitrogens with zero attached hydrogens (tertiary/aromatic N) is 1. The SMILES string of the molecule is Cc1ccc(C(c2cccc(Cl)c2)N2CCCCC2C(=O)O)cc1. The minimum Gasteiger partial charge on any atom is -0.480 e. The topological polar surface area (TPSA) is 40.5 Å². The van der Waals surface area contributed by atoms with Crippen molar-refractivity contribution in [3.05, 3.63) is 70.2 Å². The monoisotopic (exact) mass is 343 g/mol. The minimum atomic E-state index is -0.742. The van der Waals surface area contributed by atoms with Gasteiger partial charge < -0.3 is 5.11 Å². The average molecular weight is 344 g/mol. The summed E-state index contributed by atoms with van der Waals surface area (Å²) >= 11 is 6.20. The van der Waals surface area contributed by atoms with E-state index in [0.717, 1.165) is 30.5 Å². The van der Waals surface area contributed by atoms with Crippen molar-refractivity contribution >= 4 is 17.6 Å². The van der Waals surface area contributed by atoms with Crippen molar-refractivity contribution < 1.29 is 9.90 Å². The molecule has 4 heteroatoms. The molecule has 24 heavy (non-hydrogen) atoms. The van der Waals surface area contributed by atoms with Gasteiger partial charge in [0.1, 0.15) is 6.04 Å². The zero-order valence-electron chi connectivity index (χ0n) is 13.8. The fourth-order valence-corrected chi connectivity index (χ4v) is 3.73. The molecule has 1 aliphatic rings. The maximum atomic E-state index is 11.8. The predicted molar refractivity (Wildman–Crippen MR) is 96.5 cm³/mol. The van der Waals surface area contributed by atoms with Crippen LogP contribution in [0.1, 0.15) is 42.0 Å². The molecular weight excluding hydrogens is 322 g/mol. The van der Waals surface area contributed by atoms with Gasteiger partial charge in [0.25, 0.3) is 0 Å². The number of carboxylic acids is 1. The zero-order valence-corrected chi connectivity index (χ0v) is 14.5. The number of carboxylic acid groups (broad SMARTS) is 1. The molecule has 0 saturated carbocycles. The highest BCUT2D eigenvalue weighted by molar-refractivity contribution is 6.30. The van der Waals surface area contributed by atoms with Crippen LogP contribution in [0.5, 0.6) is 0 Å². The summed E-state index contributed by atoms with van der Waals surface area (Å²) in [5, 5.41) is 10.4. The van der Waals surface area contributed by atoms with Crippen molar-refractivity contribution in [2.45, 2.75) is 38.3 Å². The predicted octanol–water partition coefficient (Wildman–Crippen LogP) is 4.68. The molecule has 126 valence electrons. The molecule has 3 rings (SSSR count). The van der Waals surface area contributed by atoms with Gasteiger partial charge in [-0.05, 0) is 49.6 Å². The Labute approximate surface area is 147 Å². The van der Waals surface area contributed by atoms with Gasteiger partial charge in [-0.15, -0.1) is 0 Å². The van der Waals surface area contributed by atoms with Crippen LogP contribution in [0.3, 0.4) is 0 Å². The quantitative estimate of drug-likeness (QED) is 0.876. The van der Waals surface area contributed by atoms with E-state index in [-0.39, 0.29) is 6.04 Å². The van der Waals surface area contributed by atoms with E-state index in [1.54, 1.807) is 0 Å². The Bertz CT molecular complexity index is 714. The summed E-state index contributed by atoms with van der Waals surface area (Å²) in [6.07, 6.45) is 2.68. The van der Waals surface area contributed by atoms with E-state index in [9.17, 15) is 9.90 Å². The van der Waals surface area contributed by atoms with E-state index in [1.165, 1.54) is 5.56 Å². The number of carbonyl (C=O) groups is 1. The van der Waals surface area contributed by atoms with Crippen molar-refractivity contribution in [2.24, 2.45) is 0 Å². The number of hydrogen-bond acceptors (Lipinski definition) is 2. The molecule has 2 unspecified atom stereocenters. The molecule has 1 N–H and O–H groups in total. The van der Waals surface area contributed by atoms with Crippen molar-refractivity contribution in [3.8, 4) is 0 Å². The molecule has 0 aliphatic carbocycles. The highest BCUT2D eigenvalue weighted by Gasteiger charge is 2.35. The lowest BCUT2D eigenvalue weighted by Gasteiger charge is -2.39. The number of halogens is 1. The van der Waals surface area contributed by atoms with Crippen molar-refractivity contribution in [1.82, 2.24) is 4.90 Å². The molecule has 3 nitrogen and oxygen atoms in total. The fraction of sp³-hybridized carbons (Fsp3) is 0.350. The number of likely N-dealkylation sites (tertiary alicyclic amines) is 1. The second kappa shape index (κ2) is 7.37. The summed E-state index contributed by atoms with van der Waals surface area (Å²) in [4.78, 5) is 13.9. The lowest BCUT2D eigenvalue weighted by molar-refractivity contribution is -0.145. The van der Waals surface area contributed by atoms with Gasteiger partial charge in [-0.2, -0.15) is 0 Å². The molecule has 1 heterocycles. The summed E-state index contributed by atoms with van der Waals surface area (Å²) in [5.41, 5.74) is 3.34. The van der Waals surface area contributed by atoms with Crippen LogP contribution in [0.4, 0.5) is 0 Å². The number of hydrogen-bond donors (Lipinski definition) is 1. The Balaban J connectivity index is 2.07. The highest BCUT2D eigenvalue weighted by Crippen LogP contribution is 2.35. The van der Waals surface area contributed by atoms with Crippen LogP contribution in [-0.4, -0.2) is 28.6 Å². The molecule has 2 aromatic carbocycles. The minimum absolute atomic E-state index is 0.0919. The van der Waals surface area contributed by atoms with Crippen molar-refractivity contribution in [1.29, 1.82) is 0 Å². The lowest BCUT2D eigenvalue weighted by atomic mass is 9.91. The third-order valence-corrected chi connectivity index (χ3v) is 4.95. The van der Waals surface area contributed by atoms with E-state index in [1.807, 2.05) is 24.3 Å². The Morgan fingerprint density at radius 1 is 1.17 bits per heavy atom. The Morgan fingerprint density at radius 3 is 2.58 bits per heavy atom. The first-order valence-corrected chi connectivity index (χ1v) is 8.74. The maximum Gasteiger partial charge on any atom is 0.320 e. The molecule has 0 aromatic heterocycles. The Hall–Kier alpha value is -1.84. The number of aryl methyl sites for hydroxylation is 1. The van der Waals surface area contributed by atoms with Gasteiger partial charge >= 0.3 is 5.97 Å². The van der Waals surface area contributed by atoms with Crippen LogP contribution in [-0.2, 0) is 4.79 Å². The van der Waals surface area contributed by atoms with Crippen molar-refractivity contribution in [2.75, 3.05) is 6.54 Å². The number of benzene rings is 2. The van der Waals surface area contributed by atoms with E-state index in [4.69, 9.17) is 11.6 Å². The smallest absolute Gasteiger partial charge is 0.320 e. The first-order valence-electron chi connectivity index (χ1n) is 8.37. The second-order valence-electron chi connectivity index (χ2n) is 6.46. The number of piperidine rings is 1. The molecule has 2 aromatic rings. The molecular formula is C20H22ClNO2. The van der Waals surface area contributed by atoms with Gasteiger partial charge in [-0.3, -0.25) is 9.69 Å². The van der Waals surface area contributed by atoms with Crippen LogP contribution >= 0.6 is 11.6 Å². The third kappa shape index (κ3) is 3.63. The normalized spacial score (nSPS) is 19.8. The molecule has 1 aliphatic heterocycles. The largest absolute Gasteiger partial charge is 0.480 e. The van der Waals surface area contributed by atoms with Gasteiger partial charge in [-0.25, -0.2) is 0 Å². The molecule has 0 amide bonds. The van der Waals surface area contributed by atoms with Gasteiger partial charge in [0.15, 0.2) is 0 Å². The summed E-state index contributed by atoms with van der Waals surface area (Å²) in [6, 6.07) is 15.5. The first kappa shape index (κ1) is 17.0. The van der Waals surface area contributed by atoms with Crippen LogP contribution in [0.15, 0.2) is 48.5 Å². The third-order valence-electron chi connectivity index (χ3n) is 4.72. The lowest BCUT2D eigenvalue weighted by Crippen LogP contribution is -2.46. The van der Waals surface area contributed by atoms with Crippen LogP contribution < -0.4 is 0 Å². The average Bonchev–Trinajstić information content (AvgIpc) is 2.57. The summed E-state index contributed by atoms with van der Waals surface area (Å²) in [6.45, 7) is 2.83. The standard InChI is InChI=1S/C20H22ClNO2/c1-14-8-10-15(11-9-14)19(16-5-4-6-17(21)13-16)22-12-3-2-7-18(22)20(23)24/h4-6,8-11,13,18-19H,2-3,7,12H2,1H3,(H,23,24). The molecule has 1 fully saturated rings. The van der Waals surface area contributed by atoms with E-state index in [2.05, 4.69) is 36.1 Å². The van der Waals surface area contributed by atoms with E-state index >= 15 is 0 Å². The van der Waals surface area contributed by atoms with Gasteiger partial charge in [0.05, 0.1) is 6.04 Å². The zero-order chi connectivity index (χ0) is 17.1. The molecule has 2 atom stereocenters. The maximum absolute atomic E-state index is 11.8. The van der Waals surface area contributed by atoms with E-state index in [0.29, 0.717) is 11.4 Å². The van der Waals surface area contributed by atoms with E-state index < -0.39 is 12.0 Å². The van der Waals surface area contributed by atoms with Crippen LogP contribution in [0.2, 0.25) is 5.02 Å². The molecule has 0 radical (unpaired) electrons. The number of aliphatic carboxylic acids is 1. The summed E-state index contributed by atoms with van der Waals surface area (Å²) in [5.74, 6) is -0.742. The second-order valence-corrected chi connectivity index (χ2v) is 6.89.